The third-order valence-electron chi connectivity index (χ3n) is 9.18. The standard InChI is InChI=1S/C41H28N4O2/c1-44-35-21-19-28(23-36(35)45(2)41(44)46)27-13-8-14-29(22-27)33-24-34(43-40(42-33)26-11-4-3-5-12-26)31-16-9-17-37-38(31)32-20-18-25-10-6-7-15-30(25)39(32)47-37/h3-24H,1-2H3. The normalized spacial score (nSPS) is 11.7. The van der Waals surface area contributed by atoms with Gasteiger partial charge in [-0.2, -0.15) is 0 Å². The topological polar surface area (TPSA) is 65.8 Å². The number of imidazole rings is 1. The molecule has 0 aliphatic rings. The zero-order chi connectivity index (χ0) is 31.6. The van der Waals surface area contributed by atoms with E-state index in [-0.39, 0.29) is 5.69 Å². The summed E-state index contributed by atoms with van der Waals surface area (Å²) in [6, 6.07) is 45.5. The van der Waals surface area contributed by atoms with Crippen LogP contribution in [0.15, 0.2) is 143 Å². The molecule has 47 heavy (non-hydrogen) atoms. The molecule has 0 fully saturated rings. The summed E-state index contributed by atoms with van der Waals surface area (Å²) in [5.74, 6) is 0.652. The van der Waals surface area contributed by atoms with Crippen LogP contribution in [0.2, 0.25) is 0 Å². The van der Waals surface area contributed by atoms with Gasteiger partial charge in [0.25, 0.3) is 0 Å². The number of hydrogen-bond acceptors (Lipinski definition) is 4. The first-order valence-corrected chi connectivity index (χ1v) is 15.6. The molecule has 6 aromatic carbocycles. The maximum Gasteiger partial charge on any atom is 0.328 e. The van der Waals surface area contributed by atoms with Crippen LogP contribution in [0.5, 0.6) is 0 Å². The van der Waals surface area contributed by atoms with Gasteiger partial charge < -0.3 is 4.42 Å². The molecular formula is C41H28N4O2. The van der Waals surface area contributed by atoms with E-state index in [4.69, 9.17) is 14.4 Å². The fourth-order valence-electron chi connectivity index (χ4n) is 6.76. The molecule has 3 aromatic heterocycles. The summed E-state index contributed by atoms with van der Waals surface area (Å²) >= 11 is 0. The predicted molar refractivity (Wildman–Crippen MR) is 190 cm³/mol. The molecule has 0 bridgehead atoms. The van der Waals surface area contributed by atoms with Crippen LogP contribution in [0.4, 0.5) is 0 Å². The third kappa shape index (κ3) is 4.30. The summed E-state index contributed by atoms with van der Waals surface area (Å²) in [6.45, 7) is 0. The van der Waals surface area contributed by atoms with Crippen LogP contribution in [0, 0.1) is 0 Å². The molecule has 0 amide bonds. The second-order valence-corrected chi connectivity index (χ2v) is 12.0. The Bertz CT molecular complexity index is 2730. The van der Waals surface area contributed by atoms with Crippen molar-refractivity contribution < 1.29 is 4.42 Å². The van der Waals surface area contributed by atoms with Crippen LogP contribution in [0.3, 0.4) is 0 Å². The summed E-state index contributed by atoms with van der Waals surface area (Å²) in [4.78, 5) is 22.8. The Morgan fingerprint density at radius 3 is 2.17 bits per heavy atom. The van der Waals surface area contributed by atoms with Gasteiger partial charge in [0.15, 0.2) is 5.82 Å². The van der Waals surface area contributed by atoms with E-state index >= 15 is 0 Å². The third-order valence-corrected chi connectivity index (χ3v) is 9.18. The zero-order valence-electron chi connectivity index (χ0n) is 25.8. The Morgan fingerprint density at radius 2 is 1.28 bits per heavy atom. The van der Waals surface area contributed by atoms with Gasteiger partial charge in [0.1, 0.15) is 11.2 Å². The van der Waals surface area contributed by atoms with Crippen LogP contribution in [-0.2, 0) is 14.1 Å². The highest BCUT2D eigenvalue weighted by molar-refractivity contribution is 6.18. The van der Waals surface area contributed by atoms with E-state index in [0.29, 0.717) is 5.82 Å². The largest absolute Gasteiger partial charge is 0.455 e. The van der Waals surface area contributed by atoms with Gasteiger partial charge in [-0.15, -0.1) is 0 Å². The number of rotatable bonds is 4. The van der Waals surface area contributed by atoms with Gasteiger partial charge in [-0.1, -0.05) is 97.1 Å². The van der Waals surface area contributed by atoms with Gasteiger partial charge in [-0.3, -0.25) is 9.13 Å². The van der Waals surface area contributed by atoms with Crippen molar-refractivity contribution in [1.82, 2.24) is 19.1 Å². The zero-order valence-corrected chi connectivity index (χ0v) is 25.8. The lowest BCUT2D eigenvalue weighted by Crippen LogP contribution is -2.19. The first-order chi connectivity index (χ1) is 23.0. The molecule has 0 atom stereocenters. The highest BCUT2D eigenvalue weighted by Crippen LogP contribution is 2.40. The minimum absolute atomic E-state index is 0.0403. The molecule has 0 unspecified atom stereocenters. The molecule has 9 rings (SSSR count). The summed E-state index contributed by atoms with van der Waals surface area (Å²) in [7, 11) is 3.61. The average Bonchev–Trinajstić information content (AvgIpc) is 3.62. The van der Waals surface area contributed by atoms with Gasteiger partial charge in [0.05, 0.1) is 22.4 Å². The lowest BCUT2D eigenvalue weighted by molar-refractivity contribution is 0.673. The highest BCUT2D eigenvalue weighted by Gasteiger charge is 2.18. The predicted octanol–water partition coefficient (Wildman–Crippen LogP) is 9.39. The van der Waals surface area contributed by atoms with Crippen molar-refractivity contribution in [1.29, 1.82) is 0 Å². The Balaban J connectivity index is 1.25. The Kier molecular flexibility index (Phi) is 5.99. The quantitative estimate of drug-likeness (QED) is 0.200. The molecule has 0 saturated heterocycles. The molecule has 3 heterocycles. The van der Waals surface area contributed by atoms with Crippen molar-refractivity contribution in [3.05, 3.63) is 144 Å². The van der Waals surface area contributed by atoms with Crippen molar-refractivity contribution in [2.45, 2.75) is 0 Å². The molecule has 0 N–H and O–H groups in total. The minimum Gasteiger partial charge on any atom is -0.455 e. The second-order valence-electron chi connectivity index (χ2n) is 12.0. The number of fused-ring (bicyclic) bond motifs is 6. The molecule has 0 saturated carbocycles. The van der Waals surface area contributed by atoms with E-state index < -0.39 is 0 Å². The Hall–Kier alpha value is -6.27. The number of hydrogen-bond donors (Lipinski definition) is 0. The number of nitrogens with zero attached hydrogens (tertiary/aromatic N) is 4. The summed E-state index contributed by atoms with van der Waals surface area (Å²) in [6.07, 6.45) is 0. The molecule has 0 spiro atoms. The van der Waals surface area contributed by atoms with Crippen LogP contribution in [0.25, 0.3) is 88.8 Å². The molecule has 0 aliphatic carbocycles. The summed E-state index contributed by atoms with van der Waals surface area (Å²) in [5, 5.41) is 4.33. The van der Waals surface area contributed by atoms with Crippen molar-refractivity contribution in [2.24, 2.45) is 14.1 Å². The van der Waals surface area contributed by atoms with E-state index in [1.54, 1.807) is 16.2 Å². The monoisotopic (exact) mass is 608 g/mol. The molecule has 6 nitrogen and oxygen atoms in total. The van der Waals surface area contributed by atoms with Crippen molar-refractivity contribution in [3.8, 4) is 45.0 Å². The van der Waals surface area contributed by atoms with Crippen LogP contribution < -0.4 is 5.69 Å². The van der Waals surface area contributed by atoms with E-state index in [1.165, 1.54) is 0 Å². The van der Waals surface area contributed by atoms with Gasteiger partial charge in [0, 0.05) is 46.9 Å². The minimum atomic E-state index is -0.0403. The molecular weight excluding hydrogens is 580 g/mol. The number of aromatic nitrogens is 4. The smallest absolute Gasteiger partial charge is 0.328 e. The van der Waals surface area contributed by atoms with Gasteiger partial charge >= 0.3 is 5.69 Å². The number of benzene rings is 6. The molecule has 224 valence electrons. The Morgan fingerprint density at radius 1 is 0.553 bits per heavy atom. The summed E-state index contributed by atoms with van der Waals surface area (Å²) in [5.41, 5.74) is 10.1. The van der Waals surface area contributed by atoms with Crippen molar-refractivity contribution in [3.63, 3.8) is 0 Å². The van der Waals surface area contributed by atoms with Crippen molar-refractivity contribution in [2.75, 3.05) is 0 Å². The first kappa shape index (κ1) is 27.1. The Labute approximate surface area is 269 Å². The maximum absolute atomic E-state index is 12.6. The first-order valence-electron chi connectivity index (χ1n) is 15.6. The van der Waals surface area contributed by atoms with Crippen molar-refractivity contribution >= 4 is 43.7 Å². The maximum atomic E-state index is 12.6. The molecule has 0 aliphatic heterocycles. The fraction of sp³-hybridized carbons (Fsp3) is 0.0488. The van der Waals surface area contributed by atoms with Crippen LogP contribution in [-0.4, -0.2) is 19.1 Å². The lowest BCUT2D eigenvalue weighted by atomic mass is 9.98. The number of aryl methyl sites for hydroxylation is 2. The average molecular weight is 609 g/mol. The second kappa shape index (κ2) is 10.4. The van der Waals surface area contributed by atoms with E-state index in [2.05, 4.69) is 72.8 Å². The van der Waals surface area contributed by atoms with Gasteiger partial charge in [0.2, 0.25) is 0 Å². The molecule has 9 aromatic rings. The lowest BCUT2D eigenvalue weighted by Gasteiger charge is -2.11. The molecule has 6 heteroatoms. The SMILES string of the molecule is Cn1c(=O)n(C)c2cc(-c3cccc(-c4cc(-c5cccc6oc7c8ccccc8ccc7c56)nc(-c5ccccc5)n4)c3)ccc21. The van der Waals surface area contributed by atoms with E-state index in [1.807, 2.05) is 67.7 Å². The van der Waals surface area contributed by atoms with Crippen LogP contribution >= 0.6 is 0 Å². The summed E-state index contributed by atoms with van der Waals surface area (Å²) < 4.78 is 9.87. The molecule has 0 radical (unpaired) electrons. The van der Waals surface area contributed by atoms with Gasteiger partial charge in [-0.05, 0) is 52.9 Å². The van der Waals surface area contributed by atoms with E-state index in [9.17, 15) is 4.79 Å². The van der Waals surface area contributed by atoms with E-state index in [0.717, 1.165) is 82.9 Å². The van der Waals surface area contributed by atoms with Gasteiger partial charge in [-0.25, -0.2) is 14.8 Å². The fourth-order valence-corrected chi connectivity index (χ4v) is 6.76. The highest BCUT2D eigenvalue weighted by atomic mass is 16.3. The van der Waals surface area contributed by atoms with Crippen LogP contribution in [0.1, 0.15) is 0 Å². The number of furan rings is 1.